The summed E-state index contributed by atoms with van der Waals surface area (Å²) in [6, 6.07) is 9.83. The molecule has 0 fully saturated rings. The van der Waals surface area contributed by atoms with E-state index >= 15 is 0 Å². The molecule has 1 aromatic carbocycles. The molecule has 0 radical (unpaired) electrons. The molecule has 1 atom stereocenters. The van der Waals surface area contributed by atoms with E-state index in [-0.39, 0.29) is 0 Å². The fourth-order valence-electron chi connectivity index (χ4n) is 1.15. The highest BCUT2D eigenvalue weighted by atomic mass is 79.9. The molecule has 76 valence electrons. The van der Waals surface area contributed by atoms with Gasteiger partial charge in [0.05, 0.1) is 5.69 Å². The van der Waals surface area contributed by atoms with Crippen LogP contribution in [0.15, 0.2) is 35.3 Å². The molecule has 0 aliphatic heterocycles. The summed E-state index contributed by atoms with van der Waals surface area (Å²) in [6.07, 6.45) is 0.833. The maximum absolute atomic E-state index is 6.14. The molecule has 3 heteroatoms. The first kappa shape index (κ1) is 11.7. The van der Waals surface area contributed by atoms with Crippen LogP contribution in [-0.2, 0) is 0 Å². The minimum atomic E-state index is -0.544. The average Bonchev–Trinajstić information content (AvgIpc) is 2.14. The van der Waals surface area contributed by atoms with E-state index < -0.39 is 3.78 Å². The molecule has 0 saturated heterocycles. The van der Waals surface area contributed by atoms with Crippen molar-refractivity contribution in [1.29, 1.82) is 0 Å². The average molecular weight is 275 g/mol. The molecule has 1 nitrogen and oxygen atoms in total. The first-order valence-corrected chi connectivity index (χ1v) is 5.72. The van der Waals surface area contributed by atoms with Crippen molar-refractivity contribution in [1.82, 2.24) is 0 Å². The summed E-state index contributed by atoms with van der Waals surface area (Å²) in [5, 5.41) is 0. The molecule has 0 aromatic heterocycles. The minimum absolute atomic E-state index is 0.544. The highest BCUT2D eigenvalue weighted by Gasteiger charge is 2.22. The zero-order chi connectivity index (χ0) is 10.6. The van der Waals surface area contributed by atoms with Gasteiger partial charge in [0, 0.05) is 5.71 Å². The molecule has 1 rings (SSSR count). The van der Waals surface area contributed by atoms with Crippen molar-refractivity contribution in [3.05, 3.63) is 30.3 Å². The second kappa shape index (κ2) is 4.94. The summed E-state index contributed by atoms with van der Waals surface area (Å²) in [5.74, 6) is 0. The summed E-state index contributed by atoms with van der Waals surface area (Å²) < 4.78 is -0.544. The smallest absolute Gasteiger partial charge is 0.134 e. The third-order valence-electron chi connectivity index (χ3n) is 1.86. The minimum Gasteiger partial charge on any atom is -0.255 e. The van der Waals surface area contributed by atoms with Gasteiger partial charge in [0.2, 0.25) is 0 Å². The van der Waals surface area contributed by atoms with Gasteiger partial charge in [0.1, 0.15) is 3.78 Å². The highest BCUT2D eigenvalue weighted by molar-refractivity contribution is 9.10. The Labute approximate surface area is 98.3 Å². The van der Waals surface area contributed by atoms with Gasteiger partial charge in [0.25, 0.3) is 0 Å². The number of benzene rings is 1. The molecule has 14 heavy (non-hydrogen) atoms. The summed E-state index contributed by atoms with van der Waals surface area (Å²) in [4.78, 5) is 4.49. The van der Waals surface area contributed by atoms with Gasteiger partial charge in [-0.25, -0.2) is 0 Å². The van der Waals surface area contributed by atoms with Crippen molar-refractivity contribution < 1.29 is 0 Å². The van der Waals surface area contributed by atoms with Crippen molar-refractivity contribution in [2.45, 2.75) is 24.1 Å². The maximum Gasteiger partial charge on any atom is 0.134 e. The highest BCUT2D eigenvalue weighted by Crippen LogP contribution is 2.28. The summed E-state index contributed by atoms with van der Waals surface area (Å²) >= 11 is 9.53. The quantitative estimate of drug-likeness (QED) is 0.568. The molecule has 1 unspecified atom stereocenters. The number of aliphatic imine (C=N–C) groups is 1. The maximum atomic E-state index is 6.14. The second-order valence-corrected chi connectivity index (χ2v) is 5.93. The first-order valence-electron chi connectivity index (χ1n) is 4.55. The van der Waals surface area contributed by atoms with Crippen LogP contribution in [0.4, 0.5) is 5.69 Å². The Kier molecular flexibility index (Phi) is 4.14. The monoisotopic (exact) mass is 273 g/mol. The number of para-hydroxylation sites is 1. The van der Waals surface area contributed by atoms with E-state index in [1.807, 2.05) is 44.2 Å². The Morgan fingerprint density at radius 1 is 1.43 bits per heavy atom. The van der Waals surface area contributed by atoms with E-state index in [9.17, 15) is 0 Å². The predicted molar refractivity (Wildman–Crippen MR) is 67.0 cm³/mol. The Bertz CT molecular complexity index is 314. The SMILES string of the molecule is CCC(=Nc1ccccc1)C(C)(Cl)Br. The molecule has 0 aliphatic rings. The lowest BCUT2D eigenvalue weighted by molar-refractivity contribution is 1.12. The standard InChI is InChI=1S/C11H13BrClN/c1-3-10(11(2,12)13)14-9-7-5-4-6-8-9/h4-8H,3H2,1-2H3. The van der Waals surface area contributed by atoms with Crippen LogP contribution >= 0.6 is 27.5 Å². The molecule has 1 aromatic rings. The molecule has 0 amide bonds. The fourth-order valence-corrected chi connectivity index (χ4v) is 1.69. The van der Waals surface area contributed by atoms with Crippen molar-refractivity contribution in [2.24, 2.45) is 4.99 Å². The number of hydrogen-bond acceptors (Lipinski definition) is 1. The second-order valence-electron chi connectivity index (χ2n) is 3.14. The number of nitrogens with zero attached hydrogens (tertiary/aromatic N) is 1. The van der Waals surface area contributed by atoms with E-state index in [0.717, 1.165) is 17.8 Å². The van der Waals surface area contributed by atoms with Crippen molar-refractivity contribution in [2.75, 3.05) is 0 Å². The third kappa shape index (κ3) is 3.43. The van der Waals surface area contributed by atoms with Gasteiger partial charge in [-0.2, -0.15) is 0 Å². The number of halogens is 2. The molecule has 0 bridgehead atoms. The van der Waals surface area contributed by atoms with Crippen molar-refractivity contribution in [3.8, 4) is 0 Å². The van der Waals surface area contributed by atoms with Crippen LogP contribution in [0.5, 0.6) is 0 Å². The van der Waals surface area contributed by atoms with Crippen LogP contribution in [0.1, 0.15) is 20.3 Å². The molecule has 0 heterocycles. The summed E-state index contributed by atoms with van der Waals surface area (Å²) in [5.41, 5.74) is 1.88. The van der Waals surface area contributed by atoms with Gasteiger partial charge < -0.3 is 0 Å². The molecule has 0 spiro atoms. The molecule has 0 aliphatic carbocycles. The first-order chi connectivity index (χ1) is 6.54. The zero-order valence-corrected chi connectivity index (χ0v) is 10.6. The lowest BCUT2D eigenvalue weighted by Crippen LogP contribution is -2.19. The molecule has 0 saturated carbocycles. The molecular formula is C11H13BrClN. The lowest BCUT2D eigenvalue weighted by Gasteiger charge is -2.15. The van der Waals surface area contributed by atoms with Crippen molar-refractivity contribution >= 4 is 38.9 Å². The van der Waals surface area contributed by atoms with Crippen LogP contribution in [-0.4, -0.2) is 9.50 Å². The van der Waals surface area contributed by atoms with E-state index in [0.29, 0.717) is 0 Å². The van der Waals surface area contributed by atoms with E-state index in [2.05, 4.69) is 20.9 Å². The van der Waals surface area contributed by atoms with Gasteiger partial charge in [-0.1, -0.05) is 41.1 Å². The van der Waals surface area contributed by atoms with Gasteiger partial charge in [-0.15, -0.1) is 11.6 Å². The van der Waals surface area contributed by atoms with Crippen LogP contribution < -0.4 is 0 Å². The zero-order valence-electron chi connectivity index (χ0n) is 8.30. The van der Waals surface area contributed by atoms with Gasteiger partial charge in [-0.3, -0.25) is 4.99 Å². The van der Waals surface area contributed by atoms with Gasteiger partial charge >= 0.3 is 0 Å². The predicted octanol–water partition coefficient (Wildman–Crippen LogP) is 4.52. The Morgan fingerprint density at radius 2 is 2.00 bits per heavy atom. The largest absolute Gasteiger partial charge is 0.255 e. The van der Waals surface area contributed by atoms with Crippen LogP contribution in [0.3, 0.4) is 0 Å². The Hall–Kier alpha value is -0.340. The fraction of sp³-hybridized carbons (Fsp3) is 0.364. The van der Waals surface area contributed by atoms with E-state index in [1.54, 1.807) is 0 Å². The van der Waals surface area contributed by atoms with Crippen LogP contribution in [0.25, 0.3) is 0 Å². The van der Waals surface area contributed by atoms with E-state index in [4.69, 9.17) is 11.6 Å². The van der Waals surface area contributed by atoms with Crippen LogP contribution in [0.2, 0.25) is 0 Å². The normalized spacial score (nSPS) is 16.4. The van der Waals surface area contributed by atoms with Gasteiger partial charge in [0.15, 0.2) is 0 Å². The molecule has 0 N–H and O–H groups in total. The molecular weight excluding hydrogens is 261 g/mol. The number of rotatable bonds is 3. The summed E-state index contributed by atoms with van der Waals surface area (Å²) in [7, 11) is 0. The lowest BCUT2D eigenvalue weighted by atomic mass is 10.2. The van der Waals surface area contributed by atoms with E-state index in [1.165, 1.54) is 0 Å². The van der Waals surface area contributed by atoms with Gasteiger partial charge in [-0.05, 0) is 25.5 Å². The van der Waals surface area contributed by atoms with Crippen LogP contribution in [0, 0.1) is 0 Å². The Morgan fingerprint density at radius 3 is 2.43 bits per heavy atom. The number of hydrogen-bond donors (Lipinski definition) is 0. The third-order valence-corrected chi connectivity index (χ3v) is 2.54. The van der Waals surface area contributed by atoms with Crippen molar-refractivity contribution in [3.63, 3.8) is 0 Å². The number of alkyl halides is 2. The Balaban J connectivity index is 2.96. The summed E-state index contributed by atoms with van der Waals surface area (Å²) in [6.45, 7) is 3.93. The topological polar surface area (TPSA) is 12.4 Å².